The number of carbonyl (C=O) groups is 1. The van der Waals surface area contributed by atoms with E-state index in [1.165, 1.54) is 5.56 Å². The number of carbonyl (C=O) groups excluding carboxylic acids is 1. The van der Waals surface area contributed by atoms with Crippen molar-refractivity contribution in [1.29, 1.82) is 0 Å². The average molecular weight is 220 g/mol. The second-order valence-electron chi connectivity index (χ2n) is 3.34. The third kappa shape index (κ3) is 4.12. The van der Waals surface area contributed by atoms with Crippen molar-refractivity contribution < 1.29 is 9.22 Å². The van der Waals surface area contributed by atoms with Gasteiger partial charge in [-0.25, -0.2) is 4.79 Å². The van der Waals surface area contributed by atoms with Crippen LogP contribution in [0.5, 0.6) is 0 Å². The van der Waals surface area contributed by atoms with Crippen molar-refractivity contribution in [3.05, 3.63) is 47.5 Å². The van der Waals surface area contributed by atoms with Gasteiger partial charge < -0.3 is 4.43 Å². The standard InChI is InChI=1S/C12H16O2Si/c1-3-10(2)12(13)14-15-9-11-7-5-4-6-8-11/h3-8H,9,15H2,1-2H3. The molecule has 0 aliphatic rings. The highest BCUT2D eigenvalue weighted by atomic mass is 28.2. The summed E-state index contributed by atoms with van der Waals surface area (Å²) in [4.78, 5) is 11.3. The van der Waals surface area contributed by atoms with Gasteiger partial charge in [0, 0.05) is 5.57 Å². The van der Waals surface area contributed by atoms with E-state index < -0.39 is 9.76 Å². The first kappa shape index (κ1) is 11.7. The van der Waals surface area contributed by atoms with Crippen molar-refractivity contribution >= 4 is 15.7 Å². The predicted molar refractivity (Wildman–Crippen MR) is 64.2 cm³/mol. The summed E-state index contributed by atoms with van der Waals surface area (Å²) < 4.78 is 5.23. The number of allylic oxidation sites excluding steroid dienone is 1. The van der Waals surface area contributed by atoms with E-state index >= 15 is 0 Å². The molecule has 0 unspecified atom stereocenters. The van der Waals surface area contributed by atoms with E-state index in [2.05, 4.69) is 12.1 Å². The Hall–Kier alpha value is -1.35. The fraction of sp³-hybridized carbons (Fsp3) is 0.250. The van der Waals surface area contributed by atoms with Crippen LogP contribution in [0.3, 0.4) is 0 Å². The second kappa shape index (κ2) is 6.19. The van der Waals surface area contributed by atoms with E-state index in [0.717, 1.165) is 6.04 Å². The van der Waals surface area contributed by atoms with Crippen molar-refractivity contribution in [2.24, 2.45) is 0 Å². The zero-order chi connectivity index (χ0) is 11.1. The van der Waals surface area contributed by atoms with Gasteiger partial charge in [-0.1, -0.05) is 36.4 Å². The lowest BCUT2D eigenvalue weighted by atomic mass is 10.2. The quantitative estimate of drug-likeness (QED) is 0.571. The number of benzene rings is 1. The van der Waals surface area contributed by atoms with Crippen molar-refractivity contribution in [3.63, 3.8) is 0 Å². The van der Waals surface area contributed by atoms with Gasteiger partial charge in [-0.05, 0) is 25.5 Å². The lowest BCUT2D eigenvalue weighted by Crippen LogP contribution is -2.11. The Bertz CT molecular complexity index is 344. The highest BCUT2D eigenvalue weighted by molar-refractivity contribution is 6.31. The molecule has 0 N–H and O–H groups in total. The van der Waals surface area contributed by atoms with Crippen molar-refractivity contribution in [1.82, 2.24) is 0 Å². The van der Waals surface area contributed by atoms with E-state index in [0.29, 0.717) is 5.57 Å². The van der Waals surface area contributed by atoms with E-state index in [4.69, 9.17) is 4.43 Å². The summed E-state index contributed by atoms with van der Waals surface area (Å²) in [5.41, 5.74) is 1.94. The number of hydrogen-bond acceptors (Lipinski definition) is 2. The van der Waals surface area contributed by atoms with Gasteiger partial charge in [-0.2, -0.15) is 0 Å². The monoisotopic (exact) mass is 220 g/mol. The lowest BCUT2D eigenvalue weighted by Gasteiger charge is -2.04. The zero-order valence-electron chi connectivity index (χ0n) is 9.19. The third-order valence-corrected chi connectivity index (χ3v) is 3.47. The Balaban J connectivity index is 2.31. The van der Waals surface area contributed by atoms with Gasteiger partial charge in [0.1, 0.15) is 0 Å². The molecular formula is C12H16O2Si. The second-order valence-corrected chi connectivity index (χ2v) is 4.54. The number of rotatable bonds is 4. The smallest absolute Gasteiger partial charge is 0.319 e. The summed E-state index contributed by atoms with van der Waals surface area (Å²) in [5.74, 6) is -0.167. The van der Waals surface area contributed by atoms with Crippen LogP contribution in [-0.4, -0.2) is 15.7 Å². The zero-order valence-corrected chi connectivity index (χ0v) is 10.6. The van der Waals surface area contributed by atoms with Crippen LogP contribution in [0.4, 0.5) is 0 Å². The van der Waals surface area contributed by atoms with E-state index in [9.17, 15) is 4.79 Å². The van der Waals surface area contributed by atoms with Crippen LogP contribution >= 0.6 is 0 Å². The molecule has 0 atom stereocenters. The molecule has 1 rings (SSSR count). The van der Waals surface area contributed by atoms with Crippen LogP contribution in [0.1, 0.15) is 19.4 Å². The van der Waals surface area contributed by atoms with Gasteiger partial charge in [-0.15, -0.1) is 0 Å². The van der Waals surface area contributed by atoms with Gasteiger partial charge in [-0.3, -0.25) is 0 Å². The molecule has 1 aromatic rings. The van der Waals surface area contributed by atoms with Crippen LogP contribution in [0.15, 0.2) is 42.0 Å². The van der Waals surface area contributed by atoms with Crippen LogP contribution in [0.2, 0.25) is 0 Å². The topological polar surface area (TPSA) is 26.3 Å². The molecule has 0 aromatic heterocycles. The largest absolute Gasteiger partial charge is 0.521 e. The fourth-order valence-electron chi connectivity index (χ4n) is 1.14. The highest BCUT2D eigenvalue weighted by Gasteiger charge is 2.03. The van der Waals surface area contributed by atoms with Gasteiger partial charge in [0.05, 0.1) is 0 Å². The van der Waals surface area contributed by atoms with Crippen LogP contribution < -0.4 is 0 Å². The molecule has 0 amide bonds. The first-order chi connectivity index (χ1) is 7.24. The van der Waals surface area contributed by atoms with Gasteiger partial charge in [0.2, 0.25) is 9.76 Å². The molecule has 0 radical (unpaired) electrons. The van der Waals surface area contributed by atoms with Crippen molar-refractivity contribution in [2.45, 2.75) is 19.9 Å². The van der Waals surface area contributed by atoms with E-state index in [1.54, 1.807) is 13.0 Å². The highest BCUT2D eigenvalue weighted by Crippen LogP contribution is 2.00. The first-order valence-corrected chi connectivity index (χ1v) is 6.65. The van der Waals surface area contributed by atoms with Gasteiger partial charge in [0.15, 0.2) is 0 Å². The van der Waals surface area contributed by atoms with E-state index in [1.807, 2.05) is 25.1 Å². The summed E-state index contributed by atoms with van der Waals surface area (Å²) in [5, 5.41) is 0. The lowest BCUT2D eigenvalue weighted by molar-refractivity contribution is -0.130. The predicted octanol–water partition coefficient (Wildman–Crippen LogP) is 1.78. The normalized spacial score (nSPS) is 12.0. The summed E-state index contributed by atoms with van der Waals surface area (Å²) in [6.45, 7) is 3.62. The molecule has 1 aromatic carbocycles. The molecule has 0 bridgehead atoms. The molecule has 0 saturated heterocycles. The maximum atomic E-state index is 11.3. The Morgan fingerprint density at radius 2 is 2.07 bits per heavy atom. The molecule has 0 fully saturated rings. The van der Waals surface area contributed by atoms with Crippen molar-refractivity contribution in [3.8, 4) is 0 Å². The summed E-state index contributed by atoms with van der Waals surface area (Å²) >= 11 is 0. The summed E-state index contributed by atoms with van der Waals surface area (Å²) in [6.07, 6.45) is 1.78. The molecular weight excluding hydrogens is 204 g/mol. The molecule has 0 aliphatic carbocycles. The minimum atomic E-state index is -0.777. The molecule has 0 aliphatic heterocycles. The summed E-state index contributed by atoms with van der Waals surface area (Å²) in [6, 6.07) is 11.0. The fourth-order valence-corrected chi connectivity index (χ4v) is 2.22. The summed E-state index contributed by atoms with van der Waals surface area (Å²) in [7, 11) is -0.777. The van der Waals surface area contributed by atoms with Gasteiger partial charge >= 0.3 is 5.97 Å². The van der Waals surface area contributed by atoms with Gasteiger partial charge in [0.25, 0.3) is 0 Å². The Morgan fingerprint density at radius 1 is 1.40 bits per heavy atom. The van der Waals surface area contributed by atoms with E-state index in [-0.39, 0.29) is 5.97 Å². The minimum Gasteiger partial charge on any atom is -0.521 e. The molecule has 2 nitrogen and oxygen atoms in total. The third-order valence-electron chi connectivity index (χ3n) is 2.22. The van der Waals surface area contributed by atoms with Crippen LogP contribution in [-0.2, 0) is 15.3 Å². The minimum absolute atomic E-state index is 0.167. The van der Waals surface area contributed by atoms with Crippen LogP contribution in [0, 0.1) is 0 Å². The number of hydrogen-bond donors (Lipinski definition) is 0. The molecule has 0 spiro atoms. The SMILES string of the molecule is CC=C(C)C(=O)O[SiH2]Cc1ccccc1. The molecule has 15 heavy (non-hydrogen) atoms. The Morgan fingerprint density at radius 3 is 2.67 bits per heavy atom. The van der Waals surface area contributed by atoms with Crippen molar-refractivity contribution in [2.75, 3.05) is 0 Å². The maximum absolute atomic E-state index is 11.3. The average Bonchev–Trinajstić information content (AvgIpc) is 2.29. The molecule has 0 heterocycles. The first-order valence-electron chi connectivity index (χ1n) is 5.08. The maximum Gasteiger partial charge on any atom is 0.319 e. The molecule has 0 saturated carbocycles. The molecule has 80 valence electrons. The Kier molecular flexibility index (Phi) is 4.84. The molecule has 3 heteroatoms. The Labute approximate surface area is 92.9 Å². The van der Waals surface area contributed by atoms with Crippen LogP contribution in [0.25, 0.3) is 0 Å².